The highest BCUT2D eigenvalue weighted by molar-refractivity contribution is 5.86. The Morgan fingerprint density at radius 3 is 2.61 bits per heavy atom. The Bertz CT molecular complexity index is 1410. The number of nitrogens with zero attached hydrogens (tertiary/aromatic N) is 8. The van der Waals surface area contributed by atoms with Crippen molar-refractivity contribution >= 4 is 28.0 Å². The van der Waals surface area contributed by atoms with E-state index in [-0.39, 0.29) is 0 Å². The summed E-state index contributed by atoms with van der Waals surface area (Å²) in [7, 11) is 2.09. The molecular weight excluding hydrogens is 456 g/mol. The summed E-state index contributed by atoms with van der Waals surface area (Å²) in [4.78, 5) is 24.9. The Labute approximate surface area is 209 Å². The van der Waals surface area contributed by atoms with Crippen molar-refractivity contribution in [1.29, 1.82) is 0 Å². The third-order valence-corrected chi connectivity index (χ3v) is 7.90. The van der Waals surface area contributed by atoms with Crippen molar-refractivity contribution in [1.82, 2.24) is 34.0 Å². The minimum Gasteiger partial charge on any atom is -0.380 e. The van der Waals surface area contributed by atoms with Crippen LogP contribution < -0.4 is 4.90 Å². The van der Waals surface area contributed by atoms with Crippen molar-refractivity contribution in [2.75, 3.05) is 57.5 Å². The van der Waals surface area contributed by atoms with Crippen LogP contribution in [0.1, 0.15) is 18.1 Å². The monoisotopic (exact) mass is 488 g/mol. The minimum absolute atomic E-state index is 0.594. The first kappa shape index (κ1) is 22.1. The third kappa shape index (κ3) is 3.66. The first-order valence-electron chi connectivity index (χ1n) is 13.0. The first-order chi connectivity index (χ1) is 17.7. The zero-order valence-corrected chi connectivity index (χ0v) is 20.9. The molecule has 0 N–H and O–H groups in total. The molecule has 1 atom stereocenters. The summed E-state index contributed by atoms with van der Waals surface area (Å²) in [5.74, 6) is 4.08. The molecule has 1 aromatic carbocycles. The Morgan fingerprint density at radius 1 is 0.972 bits per heavy atom. The normalized spacial score (nSPS) is 21.6. The van der Waals surface area contributed by atoms with E-state index < -0.39 is 0 Å². The molecule has 3 aromatic heterocycles. The minimum atomic E-state index is 0.594. The average Bonchev–Trinajstić information content (AvgIpc) is 3.59. The van der Waals surface area contributed by atoms with Crippen LogP contribution >= 0.6 is 0 Å². The lowest BCUT2D eigenvalue weighted by atomic mass is 9.93. The second-order valence-corrected chi connectivity index (χ2v) is 10.2. The number of imidazole rings is 2. The molecule has 0 amide bonds. The van der Waals surface area contributed by atoms with Crippen LogP contribution in [-0.4, -0.2) is 92.6 Å². The number of aromatic nitrogens is 6. The standard InChI is InChI=1S/C26H32N8O2/c1-17-27-20-5-3-4-6-21(20)34(17)26-29-24-23(25(30-26)32-8-11-35-12-9-32)28-22(31(24)2)13-18-14-33(15-18)19-7-10-36-16-19/h3-6,18-19H,7-16H2,1-2H3/t19-/m1/s1. The fourth-order valence-corrected chi connectivity index (χ4v) is 5.86. The summed E-state index contributed by atoms with van der Waals surface area (Å²) in [6.45, 7) is 8.98. The predicted octanol–water partition coefficient (Wildman–Crippen LogP) is 2.11. The van der Waals surface area contributed by atoms with Gasteiger partial charge in [0.15, 0.2) is 17.0 Å². The molecule has 3 aliphatic rings. The number of benzene rings is 1. The molecule has 0 spiro atoms. The zero-order valence-electron chi connectivity index (χ0n) is 20.9. The molecule has 4 aromatic rings. The van der Waals surface area contributed by atoms with Crippen molar-refractivity contribution in [3.8, 4) is 5.95 Å². The molecule has 0 unspecified atom stereocenters. The number of hydrogen-bond acceptors (Lipinski definition) is 8. The highest BCUT2D eigenvalue weighted by Crippen LogP contribution is 2.30. The van der Waals surface area contributed by atoms with E-state index in [9.17, 15) is 0 Å². The maximum Gasteiger partial charge on any atom is 0.239 e. The van der Waals surface area contributed by atoms with Gasteiger partial charge in [0.2, 0.25) is 5.95 Å². The molecule has 10 nitrogen and oxygen atoms in total. The van der Waals surface area contributed by atoms with Crippen LogP contribution in [-0.2, 0) is 22.9 Å². The van der Waals surface area contributed by atoms with Crippen LogP contribution in [0, 0.1) is 12.8 Å². The molecule has 3 fully saturated rings. The summed E-state index contributed by atoms with van der Waals surface area (Å²) < 4.78 is 15.4. The van der Waals surface area contributed by atoms with E-state index in [1.807, 2.05) is 25.1 Å². The molecule has 6 heterocycles. The van der Waals surface area contributed by atoms with Crippen molar-refractivity contribution < 1.29 is 9.47 Å². The number of hydrogen-bond donors (Lipinski definition) is 0. The third-order valence-electron chi connectivity index (χ3n) is 7.90. The Kier molecular flexibility index (Phi) is 5.41. The number of likely N-dealkylation sites (tertiary alicyclic amines) is 1. The van der Waals surface area contributed by atoms with E-state index in [4.69, 9.17) is 29.4 Å². The fraction of sp³-hybridized carbons (Fsp3) is 0.538. The van der Waals surface area contributed by atoms with Crippen LogP contribution in [0.3, 0.4) is 0 Å². The van der Waals surface area contributed by atoms with Crippen molar-refractivity contribution in [3.63, 3.8) is 0 Å². The smallest absolute Gasteiger partial charge is 0.239 e. The largest absolute Gasteiger partial charge is 0.380 e. The maximum atomic E-state index is 5.63. The molecule has 0 aliphatic carbocycles. The Morgan fingerprint density at radius 2 is 1.81 bits per heavy atom. The van der Waals surface area contributed by atoms with E-state index >= 15 is 0 Å². The molecular formula is C26H32N8O2. The molecule has 36 heavy (non-hydrogen) atoms. The zero-order chi connectivity index (χ0) is 24.2. The molecule has 3 saturated heterocycles. The number of fused-ring (bicyclic) bond motifs is 2. The summed E-state index contributed by atoms with van der Waals surface area (Å²) in [5, 5.41) is 0. The number of ether oxygens (including phenoxy) is 2. The average molecular weight is 489 g/mol. The van der Waals surface area contributed by atoms with Gasteiger partial charge in [-0.3, -0.25) is 9.47 Å². The van der Waals surface area contributed by atoms with Crippen molar-refractivity contribution in [2.45, 2.75) is 25.8 Å². The lowest BCUT2D eigenvalue weighted by Crippen LogP contribution is -2.53. The van der Waals surface area contributed by atoms with E-state index in [0.717, 1.165) is 91.9 Å². The second-order valence-electron chi connectivity index (χ2n) is 10.2. The van der Waals surface area contributed by atoms with Gasteiger partial charge in [-0.25, -0.2) is 9.97 Å². The predicted molar refractivity (Wildman–Crippen MR) is 137 cm³/mol. The first-order valence-corrected chi connectivity index (χ1v) is 13.0. The lowest BCUT2D eigenvalue weighted by Gasteiger charge is -2.42. The molecule has 7 rings (SSSR count). The van der Waals surface area contributed by atoms with E-state index in [0.29, 0.717) is 31.1 Å². The number of aryl methyl sites for hydroxylation is 2. The Hall–Kier alpha value is -3.08. The second kappa shape index (κ2) is 8.79. The van der Waals surface area contributed by atoms with Crippen LogP contribution in [0.15, 0.2) is 24.3 Å². The highest BCUT2D eigenvalue weighted by atomic mass is 16.5. The molecule has 3 aliphatic heterocycles. The molecule has 0 radical (unpaired) electrons. The summed E-state index contributed by atoms with van der Waals surface area (Å²) in [6.07, 6.45) is 2.10. The van der Waals surface area contributed by atoms with Gasteiger partial charge in [-0.1, -0.05) is 12.1 Å². The fourth-order valence-electron chi connectivity index (χ4n) is 5.86. The molecule has 10 heteroatoms. The van der Waals surface area contributed by atoms with E-state index in [2.05, 4.69) is 32.0 Å². The van der Waals surface area contributed by atoms with Gasteiger partial charge in [-0.2, -0.15) is 9.97 Å². The van der Waals surface area contributed by atoms with Crippen LogP contribution in [0.5, 0.6) is 0 Å². The van der Waals surface area contributed by atoms with Crippen LogP contribution in [0.2, 0.25) is 0 Å². The van der Waals surface area contributed by atoms with Gasteiger partial charge in [0.25, 0.3) is 0 Å². The molecule has 0 bridgehead atoms. The van der Waals surface area contributed by atoms with E-state index in [1.54, 1.807) is 0 Å². The number of para-hydroxylation sites is 2. The van der Waals surface area contributed by atoms with Gasteiger partial charge >= 0.3 is 0 Å². The van der Waals surface area contributed by atoms with Gasteiger partial charge in [0.05, 0.1) is 30.9 Å². The van der Waals surface area contributed by atoms with Crippen LogP contribution in [0.4, 0.5) is 5.82 Å². The Balaban J connectivity index is 1.28. The van der Waals surface area contributed by atoms with Gasteiger partial charge in [0, 0.05) is 52.3 Å². The van der Waals surface area contributed by atoms with E-state index in [1.165, 1.54) is 0 Å². The SMILES string of the molecule is Cc1nc2ccccc2n1-c1nc(N2CCOCC2)c2nc(CC3CN([C@@H]4CCOC4)C3)n(C)c2n1. The number of morpholine rings is 1. The quantitative estimate of drug-likeness (QED) is 0.422. The topological polar surface area (TPSA) is 86.4 Å². The van der Waals surface area contributed by atoms with Gasteiger partial charge in [-0.15, -0.1) is 0 Å². The molecule has 188 valence electrons. The highest BCUT2D eigenvalue weighted by Gasteiger charge is 2.35. The summed E-state index contributed by atoms with van der Waals surface area (Å²) >= 11 is 0. The van der Waals surface area contributed by atoms with Crippen molar-refractivity contribution in [2.24, 2.45) is 13.0 Å². The number of anilines is 1. The van der Waals surface area contributed by atoms with Crippen molar-refractivity contribution in [3.05, 3.63) is 35.9 Å². The summed E-state index contributed by atoms with van der Waals surface area (Å²) in [5.41, 5.74) is 3.70. The lowest BCUT2D eigenvalue weighted by molar-refractivity contribution is 0.0441. The summed E-state index contributed by atoms with van der Waals surface area (Å²) in [6, 6.07) is 8.74. The van der Waals surface area contributed by atoms with Gasteiger partial charge in [-0.05, 0) is 31.4 Å². The maximum absolute atomic E-state index is 5.63. The number of rotatable bonds is 5. The molecule has 0 saturated carbocycles. The van der Waals surface area contributed by atoms with Gasteiger partial charge < -0.3 is 18.9 Å². The van der Waals surface area contributed by atoms with Gasteiger partial charge in [0.1, 0.15) is 11.6 Å². The van der Waals surface area contributed by atoms with Crippen LogP contribution in [0.25, 0.3) is 28.1 Å².